The van der Waals surface area contributed by atoms with E-state index in [0.29, 0.717) is 12.5 Å². The maximum Gasteiger partial charge on any atom is 0.237 e. The van der Waals surface area contributed by atoms with Crippen LogP contribution in [-0.4, -0.2) is 11.9 Å². The Balaban J connectivity index is 2.38. The number of hydrogen-bond donors (Lipinski definition) is 2. The molecular weight excluding hydrogens is 220 g/mol. The summed E-state index contributed by atoms with van der Waals surface area (Å²) in [7, 11) is 0. The molecule has 0 bridgehead atoms. The van der Waals surface area contributed by atoms with Gasteiger partial charge in [0.15, 0.2) is 0 Å². The second-order valence-electron chi connectivity index (χ2n) is 4.53. The Morgan fingerprint density at radius 3 is 2.69 bits per heavy atom. The van der Waals surface area contributed by atoms with Gasteiger partial charge in [-0.15, -0.1) is 0 Å². The molecule has 0 saturated heterocycles. The van der Waals surface area contributed by atoms with Gasteiger partial charge in [0.1, 0.15) is 0 Å². The van der Waals surface area contributed by atoms with Crippen molar-refractivity contribution in [1.82, 2.24) is 5.32 Å². The van der Waals surface area contributed by atoms with Crippen molar-refractivity contribution in [1.29, 1.82) is 0 Å². The third-order valence-electron chi connectivity index (χ3n) is 2.48. The number of aryl methyl sites for hydroxylation is 1. The summed E-state index contributed by atoms with van der Waals surface area (Å²) in [5.74, 6) is 0.392. The van der Waals surface area contributed by atoms with E-state index in [4.69, 9.17) is 5.73 Å². The van der Waals surface area contributed by atoms with Crippen molar-refractivity contribution in [3.8, 4) is 0 Å². The van der Waals surface area contributed by atoms with Gasteiger partial charge in [0, 0.05) is 6.54 Å². The fourth-order valence-corrected chi connectivity index (χ4v) is 2.35. The SMILES string of the molecule is Cc1cscc1CNC(=O)[C@H](N)CC(C)C. The Hall–Kier alpha value is -0.870. The Morgan fingerprint density at radius 2 is 2.19 bits per heavy atom. The third-order valence-corrected chi connectivity index (χ3v) is 3.39. The molecular formula is C12H20N2OS. The van der Waals surface area contributed by atoms with Crippen LogP contribution in [0.1, 0.15) is 31.4 Å². The maximum atomic E-state index is 11.7. The molecule has 0 saturated carbocycles. The average Bonchev–Trinajstić information content (AvgIpc) is 2.59. The van der Waals surface area contributed by atoms with Crippen LogP contribution in [0.2, 0.25) is 0 Å². The molecule has 0 aliphatic carbocycles. The van der Waals surface area contributed by atoms with Crippen molar-refractivity contribution >= 4 is 17.2 Å². The van der Waals surface area contributed by atoms with Crippen LogP contribution in [0, 0.1) is 12.8 Å². The molecule has 0 fully saturated rings. The fourth-order valence-electron chi connectivity index (χ4n) is 1.50. The van der Waals surface area contributed by atoms with Gasteiger partial charge in [-0.1, -0.05) is 13.8 Å². The fraction of sp³-hybridized carbons (Fsp3) is 0.583. The summed E-state index contributed by atoms with van der Waals surface area (Å²) < 4.78 is 0. The van der Waals surface area contributed by atoms with Crippen molar-refractivity contribution in [2.24, 2.45) is 11.7 Å². The van der Waals surface area contributed by atoms with Crippen LogP contribution in [0.4, 0.5) is 0 Å². The standard InChI is InChI=1S/C12H20N2OS/c1-8(2)4-11(13)12(15)14-5-10-7-16-6-9(10)3/h6-8,11H,4-5,13H2,1-3H3,(H,14,15)/t11-/m1/s1. The molecule has 1 heterocycles. The van der Waals surface area contributed by atoms with Gasteiger partial charge in [-0.2, -0.15) is 11.3 Å². The highest BCUT2D eigenvalue weighted by Crippen LogP contribution is 2.13. The molecule has 0 aliphatic rings. The third kappa shape index (κ3) is 3.94. The largest absolute Gasteiger partial charge is 0.351 e. The van der Waals surface area contributed by atoms with Crippen molar-refractivity contribution in [2.75, 3.05) is 0 Å². The average molecular weight is 240 g/mol. The molecule has 1 atom stereocenters. The smallest absolute Gasteiger partial charge is 0.237 e. The second kappa shape index (κ2) is 6.01. The Kier molecular flexibility index (Phi) is 4.96. The number of hydrogen-bond acceptors (Lipinski definition) is 3. The number of thiophene rings is 1. The normalized spacial score (nSPS) is 12.8. The van der Waals surface area contributed by atoms with E-state index in [2.05, 4.69) is 29.9 Å². The van der Waals surface area contributed by atoms with Gasteiger partial charge in [-0.05, 0) is 41.1 Å². The van der Waals surface area contributed by atoms with Crippen molar-refractivity contribution in [3.63, 3.8) is 0 Å². The van der Waals surface area contributed by atoms with Gasteiger partial charge < -0.3 is 11.1 Å². The van der Waals surface area contributed by atoms with E-state index < -0.39 is 0 Å². The zero-order valence-corrected chi connectivity index (χ0v) is 10.9. The Morgan fingerprint density at radius 1 is 1.50 bits per heavy atom. The Bertz CT molecular complexity index is 347. The lowest BCUT2D eigenvalue weighted by molar-refractivity contribution is -0.122. The van der Waals surface area contributed by atoms with E-state index in [-0.39, 0.29) is 11.9 Å². The minimum absolute atomic E-state index is 0.0562. The first-order chi connectivity index (χ1) is 7.50. The van der Waals surface area contributed by atoms with E-state index in [1.54, 1.807) is 11.3 Å². The van der Waals surface area contributed by atoms with E-state index in [1.165, 1.54) is 11.1 Å². The molecule has 4 heteroatoms. The molecule has 0 spiro atoms. The first kappa shape index (κ1) is 13.2. The van der Waals surface area contributed by atoms with Gasteiger partial charge in [-0.25, -0.2) is 0 Å². The van der Waals surface area contributed by atoms with Crippen LogP contribution < -0.4 is 11.1 Å². The minimum atomic E-state index is -0.390. The number of nitrogens with one attached hydrogen (secondary N) is 1. The van der Waals surface area contributed by atoms with Crippen LogP contribution in [0.3, 0.4) is 0 Å². The molecule has 3 nitrogen and oxygen atoms in total. The zero-order chi connectivity index (χ0) is 12.1. The highest BCUT2D eigenvalue weighted by Gasteiger charge is 2.14. The van der Waals surface area contributed by atoms with E-state index in [0.717, 1.165) is 6.42 Å². The van der Waals surface area contributed by atoms with Crippen LogP contribution in [-0.2, 0) is 11.3 Å². The summed E-state index contributed by atoms with van der Waals surface area (Å²) in [5.41, 5.74) is 8.19. The summed E-state index contributed by atoms with van der Waals surface area (Å²) in [4.78, 5) is 11.7. The van der Waals surface area contributed by atoms with Crippen molar-refractivity contribution < 1.29 is 4.79 Å². The van der Waals surface area contributed by atoms with Crippen LogP contribution in [0.15, 0.2) is 10.8 Å². The molecule has 1 rings (SSSR count). The highest BCUT2D eigenvalue weighted by molar-refractivity contribution is 7.08. The molecule has 1 aromatic heterocycles. The number of amides is 1. The second-order valence-corrected chi connectivity index (χ2v) is 5.28. The number of carbonyl (C=O) groups is 1. The zero-order valence-electron chi connectivity index (χ0n) is 10.1. The van der Waals surface area contributed by atoms with Crippen molar-refractivity contribution in [3.05, 3.63) is 21.9 Å². The summed E-state index contributed by atoms with van der Waals surface area (Å²) in [6, 6.07) is -0.390. The predicted octanol–water partition coefficient (Wildman–Crippen LogP) is 2.05. The highest BCUT2D eigenvalue weighted by atomic mass is 32.1. The molecule has 0 aromatic carbocycles. The first-order valence-corrected chi connectivity index (χ1v) is 6.50. The predicted molar refractivity (Wildman–Crippen MR) is 68.3 cm³/mol. The van der Waals surface area contributed by atoms with Gasteiger partial charge in [0.2, 0.25) is 5.91 Å². The first-order valence-electron chi connectivity index (χ1n) is 5.55. The van der Waals surface area contributed by atoms with Crippen molar-refractivity contribution in [2.45, 2.75) is 39.8 Å². The quantitative estimate of drug-likeness (QED) is 0.827. The summed E-state index contributed by atoms with van der Waals surface area (Å²) in [5, 5.41) is 7.01. The minimum Gasteiger partial charge on any atom is -0.351 e. The lowest BCUT2D eigenvalue weighted by Gasteiger charge is -2.14. The number of carbonyl (C=O) groups excluding carboxylic acids is 1. The van der Waals surface area contributed by atoms with Gasteiger partial charge in [0.05, 0.1) is 6.04 Å². The maximum absolute atomic E-state index is 11.7. The van der Waals surface area contributed by atoms with Gasteiger partial charge in [-0.3, -0.25) is 4.79 Å². The van der Waals surface area contributed by atoms with Crippen LogP contribution in [0.25, 0.3) is 0 Å². The molecule has 0 aliphatic heterocycles. The molecule has 1 aromatic rings. The van der Waals surface area contributed by atoms with E-state index >= 15 is 0 Å². The molecule has 0 radical (unpaired) electrons. The number of rotatable bonds is 5. The molecule has 3 N–H and O–H groups in total. The van der Waals surface area contributed by atoms with Crippen LogP contribution >= 0.6 is 11.3 Å². The molecule has 0 unspecified atom stereocenters. The monoisotopic (exact) mass is 240 g/mol. The molecule has 16 heavy (non-hydrogen) atoms. The van der Waals surface area contributed by atoms with Gasteiger partial charge in [0.25, 0.3) is 0 Å². The van der Waals surface area contributed by atoms with E-state index in [1.807, 2.05) is 6.92 Å². The molecule has 1 amide bonds. The number of nitrogens with two attached hydrogens (primary N) is 1. The topological polar surface area (TPSA) is 55.1 Å². The molecule has 90 valence electrons. The van der Waals surface area contributed by atoms with Crippen LogP contribution in [0.5, 0.6) is 0 Å². The summed E-state index contributed by atoms with van der Waals surface area (Å²) in [6.45, 7) is 6.76. The van der Waals surface area contributed by atoms with Gasteiger partial charge >= 0.3 is 0 Å². The van der Waals surface area contributed by atoms with E-state index in [9.17, 15) is 4.79 Å². The Labute approximate surface area is 101 Å². The summed E-state index contributed by atoms with van der Waals surface area (Å²) >= 11 is 1.65. The lowest BCUT2D eigenvalue weighted by atomic mass is 10.0. The summed E-state index contributed by atoms with van der Waals surface area (Å²) in [6.07, 6.45) is 0.731. The lowest BCUT2D eigenvalue weighted by Crippen LogP contribution is -2.41.